The summed E-state index contributed by atoms with van der Waals surface area (Å²) in [4.78, 5) is 10.3. The van der Waals surface area contributed by atoms with Crippen LogP contribution in [0, 0.1) is 0 Å². The molecule has 0 saturated heterocycles. The molecule has 0 heterocycles. The average molecular weight is 165 g/mol. The van der Waals surface area contributed by atoms with Crippen LogP contribution in [0.3, 0.4) is 0 Å². The van der Waals surface area contributed by atoms with Crippen molar-refractivity contribution in [3.63, 3.8) is 0 Å². The molecule has 10 heavy (non-hydrogen) atoms. The van der Waals surface area contributed by atoms with Gasteiger partial charge in [-0.3, -0.25) is 5.73 Å². The zero-order chi connectivity index (χ0) is 8.20. The van der Waals surface area contributed by atoms with Crippen LogP contribution in [0.5, 0.6) is 0 Å². The summed E-state index contributed by atoms with van der Waals surface area (Å²) in [6.45, 7) is 1.94. The smallest absolute Gasteiger partial charge is 0.352 e. The van der Waals surface area contributed by atoms with Gasteiger partial charge in [0.1, 0.15) is 0 Å². The SMILES string of the molecule is CCO[C@](N)(CS)C(=O)O. The third-order valence-electron chi connectivity index (χ3n) is 0.999. The summed E-state index contributed by atoms with van der Waals surface area (Å²) < 4.78 is 4.74. The molecule has 0 amide bonds. The van der Waals surface area contributed by atoms with Crippen molar-refractivity contribution in [2.24, 2.45) is 5.73 Å². The van der Waals surface area contributed by atoms with Gasteiger partial charge in [-0.2, -0.15) is 12.6 Å². The van der Waals surface area contributed by atoms with Crippen molar-refractivity contribution in [2.75, 3.05) is 12.4 Å². The van der Waals surface area contributed by atoms with E-state index in [1.807, 2.05) is 0 Å². The molecular formula is C5H11NO3S. The maximum absolute atomic E-state index is 10.3. The molecule has 1 atom stereocenters. The quantitative estimate of drug-likeness (QED) is 0.395. The fraction of sp³-hybridized carbons (Fsp3) is 0.800. The maximum atomic E-state index is 10.3. The minimum atomic E-state index is -1.63. The van der Waals surface area contributed by atoms with E-state index >= 15 is 0 Å². The largest absolute Gasteiger partial charge is 0.478 e. The Balaban J connectivity index is 4.08. The highest BCUT2D eigenvalue weighted by molar-refractivity contribution is 7.80. The molecule has 5 heteroatoms. The van der Waals surface area contributed by atoms with Gasteiger partial charge < -0.3 is 9.84 Å². The summed E-state index contributed by atoms with van der Waals surface area (Å²) >= 11 is 3.74. The van der Waals surface area contributed by atoms with Gasteiger partial charge in [-0.15, -0.1) is 0 Å². The van der Waals surface area contributed by atoms with Crippen LogP contribution in [0.4, 0.5) is 0 Å². The summed E-state index contributed by atoms with van der Waals surface area (Å²) in [5, 5.41) is 8.46. The number of carbonyl (C=O) groups is 1. The topological polar surface area (TPSA) is 72.5 Å². The predicted molar refractivity (Wildman–Crippen MR) is 40.0 cm³/mol. The van der Waals surface area contributed by atoms with Crippen molar-refractivity contribution in [3.05, 3.63) is 0 Å². The van der Waals surface area contributed by atoms with Gasteiger partial charge in [-0.25, -0.2) is 4.79 Å². The van der Waals surface area contributed by atoms with Crippen LogP contribution in [0.15, 0.2) is 0 Å². The van der Waals surface area contributed by atoms with E-state index in [2.05, 4.69) is 12.6 Å². The molecule has 0 aliphatic heterocycles. The van der Waals surface area contributed by atoms with Gasteiger partial charge in [0.2, 0.25) is 5.72 Å². The van der Waals surface area contributed by atoms with Crippen LogP contribution in [-0.2, 0) is 9.53 Å². The number of carboxylic acids is 1. The molecule has 0 radical (unpaired) electrons. The first-order valence-electron chi connectivity index (χ1n) is 2.84. The van der Waals surface area contributed by atoms with E-state index in [-0.39, 0.29) is 12.4 Å². The fourth-order valence-corrected chi connectivity index (χ4v) is 0.659. The predicted octanol–water partition coefficient (Wildman–Crippen LogP) is -0.308. The molecule has 0 aromatic carbocycles. The van der Waals surface area contributed by atoms with Gasteiger partial charge in [0.15, 0.2) is 0 Å². The molecule has 0 unspecified atom stereocenters. The summed E-state index contributed by atoms with van der Waals surface area (Å²) in [6.07, 6.45) is 0. The van der Waals surface area contributed by atoms with Crippen molar-refractivity contribution in [1.82, 2.24) is 0 Å². The molecule has 0 rings (SSSR count). The molecule has 0 bridgehead atoms. The fourth-order valence-electron chi connectivity index (χ4n) is 0.433. The standard InChI is InChI=1S/C5H11NO3S/c1-2-9-5(6,3-10)4(7)8/h10H,2-3,6H2,1H3,(H,7,8)/t5-/m1/s1. The van der Waals surface area contributed by atoms with Gasteiger partial charge in [0.05, 0.1) is 0 Å². The molecule has 3 N–H and O–H groups in total. The van der Waals surface area contributed by atoms with Crippen molar-refractivity contribution < 1.29 is 14.6 Å². The minimum Gasteiger partial charge on any atom is -0.478 e. The number of carboxylic acid groups (broad SMARTS) is 1. The Morgan fingerprint density at radius 3 is 2.50 bits per heavy atom. The van der Waals surface area contributed by atoms with Crippen molar-refractivity contribution in [2.45, 2.75) is 12.6 Å². The average Bonchev–Trinajstić information content (AvgIpc) is 1.88. The van der Waals surface area contributed by atoms with Crippen LogP contribution >= 0.6 is 12.6 Å². The molecule has 0 aromatic heterocycles. The molecule has 0 aromatic rings. The Labute approximate surface area is 64.8 Å². The zero-order valence-corrected chi connectivity index (χ0v) is 6.60. The minimum absolute atomic E-state index is 0.0316. The Morgan fingerprint density at radius 2 is 2.40 bits per heavy atom. The van der Waals surface area contributed by atoms with Crippen molar-refractivity contribution in [3.8, 4) is 0 Å². The molecule has 0 fully saturated rings. The molecular weight excluding hydrogens is 154 g/mol. The summed E-state index contributed by atoms with van der Waals surface area (Å²) in [7, 11) is 0. The number of thiol groups is 1. The number of hydrogen-bond donors (Lipinski definition) is 3. The normalized spacial score (nSPS) is 16.3. The Kier molecular flexibility index (Phi) is 3.70. The first kappa shape index (κ1) is 9.74. The van der Waals surface area contributed by atoms with Gasteiger partial charge in [0.25, 0.3) is 0 Å². The molecule has 0 saturated carbocycles. The Bertz CT molecular complexity index is 130. The van der Waals surface area contributed by atoms with Gasteiger partial charge in [0, 0.05) is 12.4 Å². The van der Waals surface area contributed by atoms with Crippen molar-refractivity contribution >= 4 is 18.6 Å². The van der Waals surface area contributed by atoms with Crippen LogP contribution in [-0.4, -0.2) is 29.2 Å². The number of rotatable bonds is 4. The van der Waals surface area contributed by atoms with Gasteiger partial charge in [-0.05, 0) is 6.92 Å². The second kappa shape index (κ2) is 3.80. The lowest BCUT2D eigenvalue weighted by molar-refractivity contribution is -0.161. The monoisotopic (exact) mass is 165 g/mol. The van der Waals surface area contributed by atoms with E-state index in [9.17, 15) is 4.79 Å². The summed E-state index contributed by atoms with van der Waals surface area (Å²) in [6, 6.07) is 0. The van der Waals surface area contributed by atoms with E-state index < -0.39 is 11.7 Å². The third-order valence-corrected chi connectivity index (χ3v) is 1.47. The third kappa shape index (κ3) is 2.17. The van der Waals surface area contributed by atoms with E-state index in [1.54, 1.807) is 6.92 Å². The van der Waals surface area contributed by atoms with Crippen LogP contribution in [0.1, 0.15) is 6.92 Å². The molecule has 60 valence electrons. The Hall–Kier alpha value is -0.260. The lowest BCUT2D eigenvalue weighted by Gasteiger charge is -2.21. The molecule has 0 spiro atoms. The maximum Gasteiger partial charge on any atom is 0.352 e. The number of hydrogen-bond acceptors (Lipinski definition) is 4. The molecule has 0 aliphatic rings. The highest BCUT2D eigenvalue weighted by atomic mass is 32.1. The number of nitrogens with two attached hydrogens (primary N) is 1. The second-order valence-electron chi connectivity index (χ2n) is 1.79. The lowest BCUT2D eigenvalue weighted by Crippen LogP contribution is -2.52. The van der Waals surface area contributed by atoms with E-state index in [4.69, 9.17) is 15.6 Å². The highest BCUT2D eigenvalue weighted by Crippen LogP contribution is 2.04. The number of aliphatic carboxylic acids is 1. The molecule has 0 aliphatic carbocycles. The van der Waals surface area contributed by atoms with E-state index in [0.717, 1.165) is 0 Å². The highest BCUT2D eigenvalue weighted by Gasteiger charge is 2.32. The van der Waals surface area contributed by atoms with Gasteiger partial charge in [-0.1, -0.05) is 0 Å². The first-order valence-corrected chi connectivity index (χ1v) is 3.47. The second-order valence-corrected chi connectivity index (χ2v) is 2.10. The lowest BCUT2D eigenvalue weighted by atomic mass is 10.3. The zero-order valence-electron chi connectivity index (χ0n) is 5.70. The van der Waals surface area contributed by atoms with E-state index in [1.165, 1.54) is 0 Å². The Morgan fingerprint density at radius 1 is 1.90 bits per heavy atom. The van der Waals surface area contributed by atoms with Gasteiger partial charge >= 0.3 is 5.97 Å². The van der Waals surface area contributed by atoms with Crippen LogP contribution in [0.25, 0.3) is 0 Å². The van der Waals surface area contributed by atoms with E-state index in [0.29, 0.717) is 0 Å². The van der Waals surface area contributed by atoms with Crippen molar-refractivity contribution in [1.29, 1.82) is 0 Å². The van der Waals surface area contributed by atoms with Crippen LogP contribution in [0.2, 0.25) is 0 Å². The van der Waals surface area contributed by atoms with Crippen LogP contribution < -0.4 is 5.73 Å². The number of ether oxygens (including phenoxy) is 1. The summed E-state index contributed by atoms with van der Waals surface area (Å²) in [5.41, 5.74) is 3.63. The molecule has 4 nitrogen and oxygen atoms in total. The first-order chi connectivity index (χ1) is 4.56. The summed E-state index contributed by atoms with van der Waals surface area (Å²) in [5.74, 6) is -1.22.